The van der Waals surface area contributed by atoms with Crippen molar-refractivity contribution in [1.29, 1.82) is 0 Å². The van der Waals surface area contributed by atoms with E-state index in [2.05, 4.69) is 24.1 Å². The van der Waals surface area contributed by atoms with E-state index in [9.17, 15) is 4.39 Å². The Morgan fingerprint density at radius 3 is 2.72 bits per heavy atom. The summed E-state index contributed by atoms with van der Waals surface area (Å²) in [6.45, 7) is 8.74. The Hall–Kier alpha value is -0.930. The van der Waals surface area contributed by atoms with Gasteiger partial charge in [-0.15, -0.1) is 0 Å². The monoisotopic (exact) mass is 250 g/mol. The zero-order chi connectivity index (χ0) is 13.0. The summed E-state index contributed by atoms with van der Waals surface area (Å²) in [6, 6.07) is 7.46. The molecule has 18 heavy (non-hydrogen) atoms. The van der Waals surface area contributed by atoms with Crippen molar-refractivity contribution < 1.29 is 4.39 Å². The highest BCUT2D eigenvalue weighted by Crippen LogP contribution is 2.17. The quantitative estimate of drug-likeness (QED) is 0.887. The number of nitrogens with zero attached hydrogens (tertiary/aromatic N) is 1. The van der Waals surface area contributed by atoms with Gasteiger partial charge in [0.1, 0.15) is 5.82 Å². The van der Waals surface area contributed by atoms with E-state index in [1.807, 2.05) is 12.1 Å². The molecule has 1 unspecified atom stereocenters. The molecule has 3 heteroatoms. The fourth-order valence-electron chi connectivity index (χ4n) is 2.63. The first-order valence-electron chi connectivity index (χ1n) is 6.86. The van der Waals surface area contributed by atoms with Gasteiger partial charge in [-0.1, -0.05) is 26.0 Å². The van der Waals surface area contributed by atoms with Gasteiger partial charge in [0.2, 0.25) is 0 Å². The highest BCUT2D eigenvalue weighted by molar-refractivity contribution is 5.16. The maximum atomic E-state index is 12.9. The minimum Gasteiger partial charge on any atom is -0.315 e. The topological polar surface area (TPSA) is 15.3 Å². The molecule has 100 valence electrons. The summed E-state index contributed by atoms with van der Waals surface area (Å²) >= 11 is 0. The lowest BCUT2D eigenvalue weighted by atomic mass is 10.0. The second-order valence-corrected chi connectivity index (χ2v) is 5.47. The molecule has 1 aromatic carbocycles. The zero-order valence-corrected chi connectivity index (χ0v) is 11.3. The Morgan fingerprint density at radius 1 is 1.33 bits per heavy atom. The highest BCUT2D eigenvalue weighted by atomic mass is 19.1. The van der Waals surface area contributed by atoms with Gasteiger partial charge < -0.3 is 5.32 Å². The van der Waals surface area contributed by atoms with Crippen LogP contribution >= 0.6 is 0 Å². The van der Waals surface area contributed by atoms with Gasteiger partial charge in [-0.25, -0.2) is 4.39 Å². The van der Waals surface area contributed by atoms with Crippen LogP contribution < -0.4 is 5.32 Å². The van der Waals surface area contributed by atoms with Gasteiger partial charge in [0.25, 0.3) is 0 Å². The minimum absolute atomic E-state index is 0.156. The summed E-state index contributed by atoms with van der Waals surface area (Å²) in [5.41, 5.74) is 1.20. The van der Waals surface area contributed by atoms with E-state index in [-0.39, 0.29) is 5.82 Å². The van der Waals surface area contributed by atoms with Crippen LogP contribution in [0.3, 0.4) is 0 Å². The number of rotatable bonds is 3. The summed E-state index contributed by atoms with van der Waals surface area (Å²) in [4.78, 5) is 2.53. The smallest absolute Gasteiger partial charge is 0.123 e. The van der Waals surface area contributed by atoms with E-state index < -0.39 is 0 Å². The molecule has 1 saturated heterocycles. The third-order valence-electron chi connectivity index (χ3n) is 3.69. The van der Waals surface area contributed by atoms with Gasteiger partial charge in [0, 0.05) is 25.7 Å². The van der Waals surface area contributed by atoms with Gasteiger partial charge in [-0.05, 0) is 36.6 Å². The summed E-state index contributed by atoms with van der Waals surface area (Å²) in [6.07, 6.45) is 1.18. The molecule has 1 heterocycles. The standard InChI is InChI=1S/C15H23FN2/c1-12(2)15-10-17-8-3-9-18(15)11-13-4-6-14(16)7-5-13/h4-7,12,15,17H,3,8-11H2,1-2H3. The largest absolute Gasteiger partial charge is 0.315 e. The maximum absolute atomic E-state index is 12.9. The summed E-state index contributed by atoms with van der Waals surface area (Å²) in [5.74, 6) is 0.479. The Morgan fingerprint density at radius 2 is 2.06 bits per heavy atom. The maximum Gasteiger partial charge on any atom is 0.123 e. The zero-order valence-electron chi connectivity index (χ0n) is 11.3. The molecule has 1 aliphatic heterocycles. The van der Waals surface area contributed by atoms with Crippen LogP contribution in [0.5, 0.6) is 0 Å². The average Bonchev–Trinajstić information content (AvgIpc) is 2.57. The number of nitrogens with one attached hydrogen (secondary N) is 1. The molecule has 0 saturated carbocycles. The van der Waals surface area contributed by atoms with E-state index >= 15 is 0 Å². The molecule has 1 fully saturated rings. The van der Waals surface area contributed by atoms with Crippen molar-refractivity contribution in [2.45, 2.75) is 32.9 Å². The Kier molecular flexibility index (Phi) is 4.72. The molecule has 2 nitrogen and oxygen atoms in total. The number of hydrogen-bond donors (Lipinski definition) is 1. The van der Waals surface area contributed by atoms with Crippen LogP contribution in [0.15, 0.2) is 24.3 Å². The molecule has 1 N–H and O–H groups in total. The van der Waals surface area contributed by atoms with Crippen molar-refractivity contribution in [2.75, 3.05) is 19.6 Å². The summed E-state index contributed by atoms with van der Waals surface area (Å²) < 4.78 is 12.9. The second kappa shape index (κ2) is 6.30. The normalized spacial score (nSPS) is 22.1. The average molecular weight is 250 g/mol. The second-order valence-electron chi connectivity index (χ2n) is 5.47. The van der Waals surface area contributed by atoms with Crippen LogP contribution in [0.4, 0.5) is 4.39 Å². The SMILES string of the molecule is CC(C)C1CNCCCN1Cc1ccc(F)cc1. The highest BCUT2D eigenvalue weighted by Gasteiger charge is 2.23. The fourth-order valence-corrected chi connectivity index (χ4v) is 2.63. The van der Waals surface area contributed by atoms with Gasteiger partial charge in [0.15, 0.2) is 0 Å². The molecule has 0 spiro atoms. The van der Waals surface area contributed by atoms with Crippen molar-refractivity contribution >= 4 is 0 Å². The molecule has 1 aliphatic rings. The minimum atomic E-state index is -0.156. The van der Waals surface area contributed by atoms with Gasteiger partial charge >= 0.3 is 0 Å². The van der Waals surface area contributed by atoms with E-state index in [4.69, 9.17) is 0 Å². The van der Waals surface area contributed by atoms with Crippen LogP contribution in [0.2, 0.25) is 0 Å². The molecule has 0 amide bonds. The third-order valence-corrected chi connectivity index (χ3v) is 3.69. The summed E-state index contributed by atoms with van der Waals surface area (Å²) in [7, 11) is 0. The van der Waals surface area contributed by atoms with Crippen LogP contribution in [0.25, 0.3) is 0 Å². The Bertz CT molecular complexity index is 361. The molecule has 1 atom stereocenters. The molecular formula is C15H23FN2. The van der Waals surface area contributed by atoms with Crippen molar-refractivity contribution in [2.24, 2.45) is 5.92 Å². The van der Waals surface area contributed by atoms with Crippen molar-refractivity contribution in [3.8, 4) is 0 Å². The van der Waals surface area contributed by atoms with Crippen molar-refractivity contribution in [3.05, 3.63) is 35.6 Å². The molecule has 0 aromatic heterocycles. The first-order valence-corrected chi connectivity index (χ1v) is 6.86. The lowest BCUT2D eigenvalue weighted by molar-refractivity contribution is 0.158. The molecule has 1 aromatic rings. The van der Waals surface area contributed by atoms with Crippen LogP contribution in [-0.4, -0.2) is 30.6 Å². The predicted octanol–water partition coefficient (Wildman–Crippen LogP) is 2.65. The van der Waals surface area contributed by atoms with Crippen LogP contribution in [0, 0.1) is 11.7 Å². The number of hydrogen-bond acceptors (Lipinski definition) is 2. The Balaban J connectivity index is 2.06. The van der Waals surface area contributed by atoms with Crippen LogP contribution in [-0.2, 0) is 6.54 Å². The van der Waals surface area contributed by atoms with E-state index in [1.54, 1.807) is 12.1 Å². The van der Waals surface area contributed by atoms with Gasteiger partial charge in [-0.3, -0.25) is 4.90 Å². The van der Waals surface area contributed by atoms with E-state index in [0.717, 1.165) is 26.2 Å². The van der Waals surface area contributed by atoms with Gasteiger partial charge in [0.05, 0.1) is 0 Å². The van der Waals surface area contributed by atoms with Crippen LogP contribution in [0.1, 0.15) is 25.8 Å². The number of halogens is 1. The van der Waals surface area contributed by atoms with E-state index in [1.165, 1.54) is 12.0 Å². The predicted molar refractivity (Wildman–Crippen MR) is 72.9 cm³/mol. The molecule has 2 rings (SSSR count). The lowest BCUT2D eigenvalue weighted by Gasteiger charge is -2.32. The summed E-state index contributed by atoms with van der Waals surface area (Å²) in [5, 5.41) is 3.50. The van der Waals surface area contributed by atoms with Crippen molar-refractivity contribution in [3.63, 3.8) is 0 Å². The molecule has 0 radical (unpaired) electrons. The molecular weight excluding hydrogens is 227 g/mol. The fraction of sp³-hybridized carbons (Fsp3) is 0.600. The molecule has 0 bridgehead atoms. The Labute approximate surface area is 109 Å². The first-order chi connectivity index (χ1) is 8.66. The van der Waals surface area contributed by atoms with Crippen molar-refractivity contribution in [1.82, 2.24) is 10.2 Å². The first kappa shape index (κ1) is 13.5. The van der Waals surface area contributed by atoms with E-state index in [0.29, 0.717) is 12.0 Å². The third kappa shape index (κ3) is 3.53. The number of benzene rings is 1. The molecule has 0 aliphatic carbocycles. The van der Waals surface area contributed by atoms with Gasteiger partial charge in [-0.2, -0.15) is 0 Å². The lowest BCUT2D eigenvalue weighted by Crippen LogP contribution is -2.42.